The summed E-state index contributed by atoms with van der Waals surface area (Å²) in [6.07, 6.45) is 5.67. The third-order valence-corrected chi connectivity index (χ3v) is 4.70. The van der Waals surface area contributed by atoms with Gasteiger partial charge in [-0.15, -0.1) is 0 Å². The van der Waals surface area contributed by atoms with Crippen molar-refractivity contribution in [1.29, 1.82) is 0 Å². The number of hydrogen-bond donors (Lipinski definition) is 2. The molecule has 4 nitrogen and oxygen atoms in total. The largest absolute Gasteiger partial charge is 0.316 e. The van der Waals surface area contributed by atoms with Crippen LogP contribution in [0.2, 0.25) is 0 Å². The molecule has 0 saturated heterocycles. The highest BCUT2D eigenvalue weighted by Crippen LogP contribution is 2.48. The molecule has 1 rings (SSSR count). The first kappa shape index (κ1) is 14.9. The van der Waals surface area contributed by atoms with Crippen LogP contribution in [0.1, 0.15) is 46.0 Å². The second kappa shape index (κ2) is 6.71. The van der Waals surface area contributed by atoms with E-state index in [1.54, 1.807) is 0 Å². The van der Waals surface area contributed by atoms with Crippen LogP contribution in [0.4, 0.5) is 0 Å². The molecule has 0 bridgehead atoms. The summed E-state index contributed by atoms with van der Waals surface area (Å²) in [6, 6.07) is 0. The van der Waals surface area contributed by atoms with Crippen LogP contribution in [-0.2, 0) is 10.0 Å². The van der Waals surface area contributed by atoms with Crippen molar-refractivity contribution >= 4 is 10.0 Å². The molecule has 0 heterocycles. The van der Waals surface area contributed by atoms with Crippen molar-refractivity contribution in [3.63, 3.8) is 0 Å². The molecule has 1 aliphatic carbocycles. The highest BCUT2D eigenvalue weighted by atomic mass is 32.2. The fourth-order valence-corrected chi connectivity index (χ4v) is 3.15. The summed E-state index contributed by atoms with van der Waals surface area (Å²) in [6.45, 7) is 6.29. The third kappa shape index (κ3) is 5.84. The van der Waals surface area contributed by atoms with E-state index in [0.29, 0.717) is 18.5 Å². The minimum atomic E-state index is -3.09. The van der Waals surface area contributed by atoms with E-state index < -0.39 is 10.0 Å². The Morgan fingerprint density at radius 2 is 1.82 bits per heavy atom. The van der Waals surface area contributed by atoms with Crippen molar-refractivity contribution in [2.45, 2.75) is 46.0 Å². The summed E-state index contributed by atoms with van der Waals surface area (Å²) in [4.78, 5) is 0. The summed E-state index contributed by atoms with van der Waals surface area (Å²) < 4.78 is 26.2. The fourth-order valence-electron chi connectivity index (χ4n) is 2.07. The molecule has 0 aromatic carbocycles. The van der Waals surface area contributed by atoms with Crippen LogP contribution < -0.4 is 10.0 Å². The van der Waals surface area contributed by atoms with Gasteiger partial charge in [-0.25, -0.2) is 13.1 Å². The Balaban J connectivity index is 2.20. The zero-order valence-corrected chi connectivity index (χ0v) is 11.9. The van der Waals surface area contributed by atoms with Gasteiger partial charge in [-0.05, 0) is 37.6 Å². The summed E-state index contributed by atoms with van der Waals surface area (Å²) in [5.74, 6) is 0.190. The lowest BCUT2D eigenvalue weighted by Gasteiger charge is -2.15. The Morgan fingerprint density at radius 1 is 1.12 bits per heavy atom. The molecule has 17 heavy (non-hydrogen) atoms. The van der Waals surface area contributed by atoms with Crippen LogP contribution in [0, 0.1) is 5.41 Å². The first-order chi connectivity index (χ1) is 8.04. The van der Waals surface area contributed by atoms with Gasteiger partial charge in [-0.2, -0.15) is 0 Å². The van der Waals surface area contributed by atoms with Crippen molar-refractivity contribution in [2.75, 3.05) is 25.4 Å². The van der Waals surface area contributed by atoms with Gasteiger partial charge in [0.05, 0.1) is 5.75 Å². The lowest BCUT2D eigenvalue weighted by molar-refractivity contribution is 0.449. The van der Waals surface area contributed by atoms with E-state index in [2.05, 4.69) is 23.9 Å². The van der Waals surface area contributed by atoms with E-state index in [4.69, 9.17) is 0 Å². The molecule has 0 aromatic rings. The molecular formula is C12H26N2O2S. The van der Waals surface area contributed by atoms with Crippen molar-refractivity contribution in [3.05, 3.63) is 0 Å². The molecule has 0 atom stereocenters. The van der Waals surface area contributed by atoms with E-state index in [-0.39, 0.29) is 5.75 Å². The smallest absolute Gasteiger partial charge is 0.212 e. The molecule has 0 amide bonds. The molecule has 1 saturated carbocycles. The zero-order valence-electron chi connectivity index (χ0n) is 11.1. The van der Waals surface area contributed by atoms with E-state index >= 15 is 0 Å². The second-order valence-corrected chi connectivity index (χ2v) is 7.07. The maximum Gasteiger partial charge on any atom is 0.212 e. The standard InChI is InChI=1S/C12H26N2O2S/c1-3-5-12(6-7-12)11-14-17(15,16)10-9-13-8-4-2/h13-14H,3-11H2,1-2H3. The van der Waals surface area contributed by atoms with Gasteiger partial charge in [0.25, 0.3) is 0 Å². The van der Waals surface area contributed by atoms with Crippen LogP contribution in [-0.4, -0.2) is 33.8 Å². The van der Waals surface area contributed by atoms with E-state index in [9.17, 15) is 8.42 Å². The van der Waals surface area contributed by atoms with Crippen molar-refractivity contribution in [3.8, 4) is 0 Å². The summed E-state index contributed by atoms with van der Waals surface area (Å²) >= 11 is 0. The van der Waals surface area contributed by atoms with Gasteiger partial charge >= 0.3 is 0 Å². The molecule has 1 aliphatic rings. The minimum Gasteiger partial charge on any atom is -0.316 e. The lowest BCUT2D eigenvalue weighted by atomic mass is 10.0. The van der Waals surface area contributed by atoms with Crippen LogP contribution >= 0.6 is 0 Å². The monoisotopic (exact) mass is 262 g/mol. The Labute approximate surface area is 106 Å². The molecule has 5 heteroatoms. The van der Waals surface area contributed by atoms with Gasteiger partial charge in [0, 0.05) is 13.1 Å². The van der Waals surface area contributed by atoms with Crippen molar-refractivity contribution in [2.24, 2.45) is 5.41 Å². The van der Waals surface area contributed by atoms with Gasteiger partial charge in [0.2, 0.25) is 10.0 Å². The van der Waals surface area contributed by atoms with E-state index in [1.807, 2.05) is 0 Å². The summed E-state index contributed by atoms with van der Waals surface area (Å²) in [7, 11) is -3.09. The SMILES string of the molecule is CCCNCCS(=O)(=O)NCC1(CCC)CC1. The van der Waals surface area contributed by atoms with Crippen LogP contribution in [0.3, 0.4) is 0 Å². The summed E-state index contributed by atoms with van der Waals surface area (Å²) in [5, 5.41) is 3.11. The molecule has 102 valence electrons. The van der Waals surface area contributed by atoms with Crippen molar-refractivity contribution in [1.82, 2.24) is 10.0 Å². The molecule has 0 aromatic heterocycles. The number of sulfonamides is 1. The molecule has 0 aliphatic heterocycles. The average Bonchev–Trinajstić information content (AvgIpc) is 3.03. The van der Waals surface area contributed by atoms with E-state index in [0.717, 1.165) is 25.8 Å². The lowest BCUT2D eigenvalue weighted by Crippen LogP contribution is -2.35. The number of hydrogen-bond acceptors (Lipinski definition) is 3. The first-order valence-corrected chi connectivity index (χ1v) is 8.37. The molecule has 0 radical (unpaired) electrons. The van der Waals surface area contributed by atoms with E-state index in [1.165, 1.54) is 12.8 Å². The van der Waals surface area contributed by atoms with Crippen LogP contribution in [0.5, 0.6) is 0 Å². The molecule has 1 fully saturated rings. The Hall–Kier alpha value is -0.130. The highest BCUT2D eigenvalue weighted by molar-refractivity contribution is 7.89. The maximum absolute atomic E-state index is 11.7. The Kier molecular flexibility index (Phi) is 5.89. The summed E-state index contributed by atoms with van der Waals surface area (Å²) in [5.41, 5.74) is 0.290. The van der Waals surface area contributed by atoms with Gasteiger partial charge in [0.1, 0.15) is 0 Å². The van der Waals surface area contributed by atoms with Gasteiger partial charge < -0.3 is 5.32 Å². The number of rotatable bonds is 10. The Bertz CT molecular complexity index is 310. The molecule has 2 N–H and O–H groups in total. The van der Waals surface area contributed by atoms with Crippen LogP contribution in [0.25, 0.3) is 0 Å². The minimum absolute atomic E-state index is 0.190. The van der Waals surface area contributed by atoms with Crippen molar-refractivity contribution < 1.29 is 8.42 Å². The maximum atomic E-state index is 11.7. The topological polar surface area (TPSA) is 58.2 Å². The fraction of sp³-hybridized carbons (Fsp3) is 1.00. The Morgan fingerprint density at radius 3 is 2.35 bits per heavy atom. The predicted molar refractivity (Wildman–Crippen MR) is 71.5 cm³/mol. The predicted octanol–water partition coefficient (Wildman–Crippen LogP) is 1.49. The third-order valence-electron chi connectivity index (χ3n) is 3.38. The van der Waals surface area contributed by atoms with Gasteiger partial charge in [-0.3, -0.25) is 0 Å². The second-order valence-electron chi connectivity index (χ2n) is 5.14. The van der Waals surface area contributed by atoms with Gasteiger partial charge in [-0.1, -0.05) is 20.3 Å². The number of nitrogens with one attached hydrogen (secondary N) is 2. The molecule has 0 unspecified atom stereocenters. The normalized spacial score (nSPS) is 18.2. The quantitative estimate of drug-likeness (QED) is 0.586. The molecular weight excluding hydrogens is 236 g/mol. The van der Waals surface area contributed by atoms with Gasteiger partial charge in [0.15, 0.2) is 0 Å². The molecule has 0 spiro atoms. The zero-order chi connectivity index (χ0) is 12.8. The van der Waals surface area contributed by atoms with Crippen LogP contribution in [0.15, 0.2) is 0 Å². The first-order valence-electron chi connectivity index (χ1n) is 6.72. The highest BCUT2D eigenvalue weighted by Gasteiger charge is 2.41. The average molecular weight is 262 g/mol.